The normalized spacial score (nSPS) is 19.3. The van der Waals surface area contributed by atoms with E-state index >= 15 is 0 Å². The van der Waals surface area contributed by atoms with E-state index in [4.69, 9.17) is 10.7 Å². The molecule has 1 atom stereocenters. The molecule has 164 valence electrons. The van der Waals surface area contributed by atoms with Gasteiger partial charge in [-0.2, -0.15) is 14.4 Å². The molecule has 0 spiro atoms. The fourth-order valence-corrected chi connectivity index (χ4v) is 5.87. The first kappa shape index (κ1) is 21.1. The molecule has 1 aliphatic carbocycles. The third-order valence-electron chi connectivity index (χ3n) is 6.89. The maximum absolute atomic E-state index is 14.0. The number of aromatic nitrogens is 4. The average Bonchev–Trinajstić information content (AvgIpc) is 3.32. The van der Waals surface area contributed by atoms with Crippen LogP contribution < -0.4 is 5.73 Å². The van der Waals surface area contributed by atoms with Gasteiger partial charge in [-0.3, -0.25) is 0 Å². The van der Waals surface area contributed by atoms with Crippen LogP contribution in [0, 0.1) is 9.65 Å². The molecule has 1 aliphatic heterocycles. The number of imidazole rings is 1. The molecular weight excluding hydrogens is 506 g/mol. The highest BCUT2D eigenvalue weighted by Crippen LogP contribution is 2.29. The molecule has 2 aliphatic rings. The molecule has 3 aromatic rings. The lowest BCUT2D eigenvalue weighted by atomic mass is 10.00. The quantitative estimate of drug-likeness (QED) is 0.394. The van der Waals surface area contributed by atoms with Crippen LogP contribution in [-0.2, 0) is 25.8 Å². The number of nitrogens with zero attached hydrogens (tertiary/aromatic N) is 5. The van der Waals surface area contributed by atoms with Crippen molar-refractivity contribution in [3.05, 3.63) is 44.3 Å². The van der Waals surface area contributed by atoms with E-state index in [9.17, 15) is 4.39 Å². The lowest BCUT2D eigenvalue weighted by Crippen LogP contribution is -2.36. The Balaban J connectivity index is 1.51. The molecule has 0 bridgehead atoms. The number of rotatable bonds is 5. The standard InChI is InChI=1S/C23H28FIN6/c1-30-9-3-2-7-17(30)8-10-31-19(27-20-21(26)28-23(24)29-22(20)31)13-16-11-14-5-4-6-15(14)12-18(16)25/h11-12,17H,2-10,13H2,1H3,(H2,26,28,29). The van der Waals surface area contributed by atoms with Crippen LogP contribution in [0.2, 0.25) is 0 Å². The number of benzene rings is 1. The van der Waals surface area contributed by atoms with Crippen LogP contribution in [0.3, 0.4) is 0 Å². The van der Waals surface area contributed by atoms with Crippen molar-refractivity contribution in [1.29, 1.82) is 0 Å². The SMILES string of the molecule is CN1CCCCC1CCn1c(Cc2cc3c(cc2I)CCC3)nc2c(N)nc(F)nc21. The minimum absolute atomic E-state index is 0.112. The summed E-state index contributed by atoms with van der Waals surface area (Å²) in [5.41, 5.74) is 11.2. The summed E-state index contributed by atoms with van der Waals surface area (Å²) >= 11 is 2.43. The van der Waals surface area contributed by atoms with Crippen molar-refractivity contribution in [3.63, 3.8) is 0 Å². The predicted molar refractivity (Wildman–Crippen MR) is 129 cm³/mol. The molecule has 1 saturated heterocycles. The minimum Gasteiger partial charge on any atom is -0.382 e. The molecular formula is C23H28FIN6. The number of likely N-dealkylation sites (tertiary alicyclic amines) is 1. The molecule has 8 heteroatoms. The van der Waals surface area contributed by atoms with Crippen molar-refractivity contribution in [3.8, 4) is 0 Å². The predicted octanol–water partition coefficient (Wildman–Crippen LogP) is 4.11. The Hall–Kier alpha value is -1.81. The third kappa shape index (κ3) is 4.16. The number of aryl methyl sites for hydroxylation is 3. The number of halogens is 2. The van der Waals surface area contributed by atoms with Crippen LogP contribution in [0.5, 0.6) is 0 Å². The van der Waals surface area contributed by atoms with Crippen molar-refractivity contribution >= 4 is 39.6 Å². The first-order valence-corrected chi connectivity index (χ1v) is 12.3. The van der Waals surface area contributed by atoms with Gasteiger partial charge in [-0.15, -0.1) is 0 Å². The van der Waals surface area contributed by atoms with Crippen molar-refractivity contribution in [2.45, 2.75) is 64.0 Å². The van der Waals surface area contributed by atoms with Gasteiger partial charge in [0.05, 0.1) is 0 Å². The lowest BCUT2D eigenvalue weighted by Gasteiger charge is -2.32. The number of anilines is 1. The van der Waals surface area contributed by atoms with Gasteiger partial charge in [0.2, 0.25) is 0 Å². The van der Waals surface area contributed by atoms with Crippen LogP contribution in [-0.4, -0.2) is 44.1 Å². The van der Waals surface area contributed by atoms with Gasteiger partial charge in [0, 0.05) is 22.6 Å². The number of nitrogens with two attached hydrogens (primary N) is 1. The van der Waals surface area contributed by atoms with Crippen molar-refractivity contribution in [2.75, 3.05) is 19.3 Å². The van der Waals surface area contributed by atoms with E-state index < -0.39 is 6.08 Å². The highest BCUT2D eigenvalue weighted by Gasteiger charge is 2.23. The first-order chi connectivity index (χ1) is 15.0. The summed E-state index contributed by atoms with van der Waals surface area (Å²) < 4.78 is 17.4. The molecule has 31 heavy (non-hydrogen) atoms. The van der Waals surface area contributed by atoms with Crippen molar-refractivity contribution in [1.82, 2.24) is 24.4 Å². The van der Waals surface area contributed by atoms with E-state index in [2.05, 4.69) is 61.2 Å². The number of hydrogen-bond acceptors (Lipinski definition) is 5. The molecule has 3 heterocycles. The monoisotopic (exact) mass is 534 g/mol. The van der Waals surface area contributed by atoms with Gasteiger partial charge >= 0.3 is 6.08 Å². The highest BCUT2D eigenvalue weighted by molar-refractivity contribution is 14.1. The lowest BCUT2D eigenvalue weighted by molar-refractivity contribution is 0.171. The summed E-state index contributed by atoms with van der Waals surface area (Å²) in [5.74, 6) is 0.997. The van der Waals surface area contributed by atoms with E-state index in [1.807, 2.05) is 0 Å². The van der Waals surface area contributed by atoms with Gasteiger partial charge in [0.25, 0.3) is 0 Å². The topological polar surface area (TPSA) is 72.9 Å². The summed E-state index contributed by atoms with van der Waals surface area (Å²) in [7, 11) is 2.20. The Morgan fingerprint density at radius 3 is 2.74 bits per heavy atom. The second-order valence-corrected chi connectivity index (χ2v) is 10.1. The van der Waals surface area contributed by atoms with Gasteiger partial charge in [0.15, 0.2) is 17.0 Å². The van der Waals surface area contributed by atoms with Gasteiger partial charge in [-0.25, -0.2) is 4.98 Å². The molecule has 1 fully saturated rings. The zero-order valence-electron chi connectivity index (χ0n) is 17.9. The maximum Gasteiger partial charge on any atom is 0.312 e. The fraction of sp³-hybridized carbons (Fsp3) is 0.522. The minimum atomic E-state index is -0.792. The van der Waals surface area contributed by atoms with E-state index in [0.717, 1.165) is 31.8 Å². The summed E-state index contributed by atoms with van der Waals surface area (Å²) in [6.45, 7) is 1.89. The van der Waals surface area contributed by atoms with E-state index in [0.29, 0.717) is 23.6 Å². The van der Waals surface area contributed by atoms with Gasteiger partial charge in [0.1, 0.15) is 5.82 Å². The summed E-state index contributed by atoms with van der Waals surface area (Å²) in [6, 6.07) is 5.18. The second-order valence-electron chi connectivity index (χ2n) is 8.89. The van der Waals surface area contributed by atoms with Crippen molar-refractivity contribution in [2.24, 2.45) is 0 Å². The summed E-state index contributed by atoms with van der Waals surface area (Å²) in [6.07, 6.45) is 8.16. The largest absolute Gasteiger partial charge is 0.382 e. The number of nitrogen functional groups attached to an aromatic ring is 1. The average molecular weight is 534 g/mol. The van der Waals surface area contributed by atoms with E-state index in [-0.39, 0.29) is 5.82 Å². The molecule has 0 amide bonds. The highest BCUT2D eigenvalue weighted by atomic mass is 127. The molecule has 2 N–H and O–H groups in total. The summed E-state index contributed by atoms with van der Waals surface area (Å²) in [4.78, 5) is 15.0. The molecule has 6 nitrogen and oxygen atoms in total. The van der Waals surface area contributed by atoms with Crippen molar-refractivity contribution < 1.29 is 4.39 Å². The molecule has 5 rings (SSSR count). The zero-order chi connectivity index (χ0) is 21.5. The Kier molecular flexibility index (Phi) is 5.85. The van der Waals surface area contributed by atoms with Crippen LogP contribution >= 0.6 is 22.6 Å². The Morgan fingerprint density at radius 2 is 1.94 bits per heavy atom. The fourth-order valence-electron chi connectivity index (χ4n) is 5.15. The van der Waals surface area contributed by atoms with Crippen LogP contribution in [0.15, 0.2) is 12.1 Å². The molecule has 1 aromatic carbocycles. The number of fused-ring (bicyclic) bond motifs is 2. The third-order valence-corrected chi connectivity index (χ3v) is 7.89. The van der Waals surface area contributed by atoms with Crippen LogP contribution in [0.4, 0.5) is 10.2 Å². The van der Waals surface area contributed by atoms with Gasteiger partial charge < -0.3 is 15.2 Å². The van der Waals surface area contributed by atoms with Gasteiger partial charge in [-0.1, -0.05) is 12.5 Å². The summed E-state index contributed by atoms with van der Waals surface area (Å²) in [5, 5.41) is 0. The Morgan fingerprint density at radius 1 is 1.13 bits per heavy atom. The van der Waals surface area contributed by atoms with Crippen LogP contribution in [0.1, 0.15) is 54.6 Å². The van der Waals surface area contributed by atoms with Crippen LogP contribution in [0.25, 0.3) is 11.2 Å². The maximum atomic E-state index is 14.0. The Bertz CT molecular complexity index is 1130. The smallest absolute Gasteiger partial charge is 0.312 e. The molecule has 0 radical (unpaired) electrons. The van der Waals surface area contributed by atoms with Gasteiger partial charge in [-0.05, 0) is 97.5 Å². The van der Waals surface area contributed by atoms with E-state index in [1.165, 1.54) is 52.4 Å². The second kappa shape index (κ2) is 8.61. The molecule has 1 unspecified atom stereocenters. The van der Waals surface area contributed by atoms with E-state index in [1.54, 1.807) is 0 Å². The Labute approximate surface area is 195 Å². The molecule has 0 saturated carbocycles. The number of hydrogen-bond donors (Lipinski definition) is 1. The zero-order valence-corrected chi connectivity index (χ0v) is 20.0. The first-order valence-electron chi connectivity index (χ1n) is 11.2. The molecule has 2 aromatic heterocycles. The number of piperidine rings is 1.